The standard InChI is InChI=1S/C21H31N3O4S/c1-16(19-7-5-6-8-20(19)28-4)23(2)14-18-13-22-21(24(18)11-12-27-3)29(25,26)15-17-9-10-17/h5-8,13,16-17H,9-12,14-15H2,1-4H3/t16-/m0/s1. The molecule has 1 heterocycles. The lowest BCUT2D eigenvalue weighted by atomic mass is 10.1. The highest BCUT2D eigenvalue weighted by Gasteiger charge is 2.32. The van der Waals surface area contributed by atoms with E-state index in [0.29, 0.717) is 19.7 Å². The van der Waals surface area contributed by atoms with Crippen molar-refractivity contribution in [3.63, 3.8) is 0 Å². The van der Waals surface area contributed by atoms with E-state index in [2.05, 4.69) is 16.8 Å². The average molecular weight is 422 g/mol. The summed E-state index contributed by atoms with van der Waals surface area (Å²) in [6.07, 6.45) is 3.66. The summed E-state index contributed by atoms with van der Waals surface area (Å²) >= 11 is 0. The Bertz CT molecular complexity index is 922. The SMILES string of the molecule is COCCn1c(CN(C)[C@@H](C)c2ccccc2OC)cnc1S(=O)(=O)CC1CC1. The number of hydrogen-bond acceptors (Lipinski definition) is 6. The molecule has 0 radical (unpaired) electrons. The highest BCUT2D eigenvalue weighted by Crippen LogP contribution is 2.33. The van der Waals surface area contributed by atoms with Gasteiger partial charge in [0, 0.05) is 31.8 Å². The highest BCUT2D eigenvalue weighted by molar-refractivity contribution is 7.91. The number of nitrogens with zero attached hydrogens (tertiary/aromatic N) is 3. The molecule has 1 atom stereocenters. The molecule has 1 aliphatic carbocycles. The summed E-state index contributed by atoms with van der Waals surface area (Å²) in [5.74, 6) is 1.31. The first-order chi connectivity index (χ1) is 13.9. The van der Waals surface area contributed by atoms with Crippen molar-refractivity contribution in [1.82, 2.24) is 14.5 Å². The number of rotatable bonds is 11. The van der Waals surface area contributed by atoms with E-state index in [1.54, 1.807) is 25.0 Å². The average Bonchev–Trinajstić information content (AvgIpc) is 3.42. The van der Waals surface area contributed by atoms with Crippen molar-refractivity contribution < 1.29 is 17.9 Å². The fourth-order valence-corrected chi connectivity index (χ4v) is 5.36. The molecule has 1 saturated carbocycles. The van der Waals surface area contributed by atoms with E-state index in [0.717, 1.165) is 29.8 Å². The highest BCUT2D eigenvalue weighted by atomic mass is 32.2. The number of methoxy groups -OCH3 is 2. The molecule has 2 aromatic rings. The van der Waals surface area contributed by atoms with Gasteiger partial charge in [-0.05, 0) is 38.8 Å². The van der Waals surface area contributed by atoms with E-state index < -0.39 is 9.84 Å². The van der Waals surface area contributed by atoms with Crippen LogP contribution in [0.4, 0.5) is 0 Å². The molecule has 7 nitrogen and oxygen atoms in total. The van der Waals surface area contributed by atoms with Gasteiger partial charge in [-0.15, -0.1) is 0 Å². The summed E-state index contributed by atoms with van der Waals surface area (Å²) in [5, 5.41) is 0.162. The maximum atomic E-state index is 12.9. The van der Waals surface area contributed by atoms with E-state index in [4.69, 9.17) is 9.47 Å². The second-order valence-electron chi connectivity index (χ2n) is 7.73. The van der Waals surface area contributed by atoms with Crippen LogP contribution in [0.5, 0.6) is 5.75 Å². The first-order valence-electron chi connectivity index (χ1n) is 9.96. The lowest BCUT2D eigenvalue weighted by molar-refractivity contribution is 0.180. The van der Waals surface area contributed by atoms with Crippen LogP contribution in [0.3, 0.4) is 0 Å². The molecule has 160 valence electrons. The predicted molar refractivity (Wildman–Crippen MR) is 112 cm³/mol. The number of ether oxygens (including phenoxy) is 2. The van der Waals surface area contributed by atoms with Crippen molar-refractivity contribution in [3.05, 3.63) is 41.7 Å². The molecule has 0 spiro atoms. The first-order valence-corrected chi connectivity index (χ1v) is 11.6. The van der Waals surface area contributed by atoms with Crippen LogP contribution in [0.25, 0.3) is 0 Å². The zero-order valence-corrected chi connectivity index (χ0v) is 18.5. The fourth-order valence-electron chi connectivity index (χ4n) is 3.50. The van der Waals surface area contributed by atoms with Gasteiger partial charge in [0.15, 0.2) is 0 Å². The van der Waals surface area contributed by atoms with Gasteiger partial charge < -0.3 is 14.0 Å². The minimum atomic E-state index is -3.40. The van der Waals surface area contributed by atoms with E-state index in [1.807, 2.05) is 31.3 Å². The van der Waals surface area contributed by atoms with Crippen LogP contribution in [-0.4, -0.2) is 56.5 Å². The van der Waals surface area contributed by atoms with Crippen LogP contribution in [0.15, 0.2) is 35.6 Å². The molecular formula is C21H31N3O4S. The van der Waals surface area contributed by atoms with Crippen molar-refractivity contribution in [3.8, 4) is 5.75 Å². The van der Waals surface area contributed by atoms with Crippen molar-refractivity contribution in [1.29, 1.82) is 0 Å². The maximum Gasteiger partial charge on any atom is 0.227 e. The number of sulfone groups is 1. The Hall–Kier alpha value is -1.90. The molecule has 1 aliphatic rings. The largest absolute Gasteiger partial charge is 0.496 e. The molecule has 0 bridgehead atoms. The summed E-state index contributed by atoms with van der Waals surface area (Å²) in [7, 11) is 1.90. The summed E-state index contributed by atoms with van der Waals surface area (Å²) in [6.45, 7) is 3.57. The first kappa shape index (κ1) is 21.8. The number of aromatic nitrogens is 2. The Morgan fingerprint density at radius 2 is 2.00 bits per heavy atom. The third-order valence-electron chi connectivity index (χ3n) is 5.51. The molecule has 29 heavy (non-hydrogen) atoms. The third-order valence-corrected chi connectivity index (χ3v) is 7.30. The molecule has 3 rings (SSSR count). The molecule has 0 aliphatic heterocycles. The van der Waals surface area contributed by atoms with Crippen LogP contribution in [0, 0.1) is 5.92 Å². The number of benzene rings is 1. The molecular weight excluding hydrogens is 390 g/mol. The Kier molecular flexibility index (Phi) is 6.97. The normalized spacial score (nSPS) is 15.6. The van der Waals surface area contributed by atoms with E-state index in [1.165, 1.54) is 0 Å². The van der Waals surface area contributed by atoms with Crippen LogP contribution < -0.4 is 4.74 Å². The quantitative estimate of drug-likeness (QED) is 0.555. The topological polar surface area (TPSA) is 73.7 Å². The van der Waals surface area contributed by atoms with Crippen LogP contribution in [0.1, 0.15) is 37.1 Å². The Balaban J connectivity index is 1.83. The Morgan fingerprint density at radius 1 is 1.28 bits per heavy atom. The summed E-state index contributed by atoms with van der Waals surface area (Å²) in [4.78, 5) is 6.47. The zero-order chi connectivity index (χ0) is 21.0. The summed E-state index contributed by atoms with van der Waals surface area (Å²) in [6, 6.07) is 8.03. The second kappa shape index (κ2) is 9.28. The third kappa shape index (κ3) is 5.18. The number of para-hydroxylation sites is 1. The van der Waals surface area contributed by atoms with Crippen LogP contribution in [0.2, 0.25) is 0 Å². The van der Waals surface area contributed by atoms with E-state index >= 15 is 0 Å². The molecule has 0 saturated heterocycles. The molecule has 1 fully saturated rings. The minimum Gasteiger partial charge on any atom is -0.496 e. The van der Waals surface area contributed by atoms with Crippen molar-refractivity contribution in [2.24, 2.45) is 5.92 Å². The minimum absolute atomic E-state index is 0.0865. The van der Waals surface area contributed by atoms with Gasteiger partial charge in [-0.1, -0.05) is 18.2 Å². The van der Waals surface area contributed by atoms with Gasteiger partial charge in [0.1, 0.15) is 5.75 Å². The summed E-state index contributed by atoms with van der Waals surface area (Å²) in [5.41, 5.74) is 1.95. The van der Waals surface area contributed by atoms with Gasteiger partial charge in [-0.2, -0.15) is 0 Å². The zero-order valence-electron chi connectivity index (χ0n) is 17.7. The molecule has 0 unspecified atom stereocenters. The van der Waals surface area contributed by atoms with Gasteiger partial charge in [0.05, 0.1) is 31.4 Å². The summed E-state index contributed by atoms with van der Waals surface area (Å²) < 4.78 is 38.2. The van der Waals surface area contributed by atoms with Gasteiger partial charge in [-0.3, -0.25) is 4.90 Å². The Labute approximate surface area is 173 Å². The smallest absolute Gasteiger partial charge is 0.227 e. The second-order valence-corrected chi connectivity index (χ2v) is 9.66. The lowest BCUT2D eigenvalue weighted by Gasteiger charge is -2.26. The van der Waals surface area contributed by atoms with Gasteiger partial charge in [0.2, 0.25) is 15.0 Å². The monoisotopic (exact) mass is 421 g/mol. The van der Waals surface area contributed by atoms with Crippen molar-refractivity contribution in [2.45, 2.75) is 44.1 Å². The Morgan fingerprint density at radius 3 is 2.66 bits per heavy atom. The van der Waals surface area contributed by atoms with E-state index in [9.17, 15) is 8.42 Å². The van der Waals surface area contributed by atoms with Crippen LogP contribution >= 0.6 is 0 Å². The van der Waals surface area contributed by atoms with Crippen molar-refractivity contribution >= 4 is 9.84 Å². The molecule has 1 aromatic carbocycles. The van der Waals surface area contributed by atoms with Crippen LogP contribution in [-0.2, 0) is 27.7 Å². The van der Waals surface area contributed by atoms with Crippen molar-refractivity contribution in [2.75, 3.05) is 33.6 Å². The molecule has 0 amide bonds. The number of hydrogen-bond donors (Lipinski definition) is 0. The van der Waals surface area contributed by atoms with Gasteiger partial charge >= 0.3 is 0 Å². The maximum absolute atomic E-state index is 12.9. The fraction of sp³-hybridized carbons (Fsp3) is 0.571. The molecule has 0 N–H and O–H groups in total. The van der Waals surface area contributed by atoms with Gasteiger partial charge in [-0.25, -0.2) is 13.4 Å². The van der Waals surface area contributed by atoms with E-state index in [-0.39, 0.29) is 22.9 Å². The number of imidazole rings is 1. The lowest BCUT2D eigenvalue weighted by Crippen LogP contribution is -2.25. The molecule has 1 aromatic heterocycles. The molecule has 8 heteroatoms. The van der Waals surface area contributed by atoms with Gasteiger partial charge in [0.25, 0.3) is 0 Å². The predicted octanol–water partition coefficient (Wildman–Crippen LogP) is 2.91.